The van der Waals surface area contributed by atoms with Gasteiger partial charge in [0.1, 0.15) is 22.7 Å². The van der Waals surface area contributed by atoms with E-state index in [1.807, 2.05) is 20.8 Å². The van der Waals surface area contributed by atoms with Crippen molar-refractivity contribution in [3.63, 3.8) is 0 Å². The van der Waals surface area contributed by atoms with Crippen molar-refractivity contribution in [2.45, 2.75) is 59.2 Å². The molecule has 0 bridgehead atoms. The molecule has 1 aromatic carbocycles. The van der Waals surface area contributed by atoms with Gasteiger partial charge in [0.05, 0.1) is 17.1 Å². The molecule has 6 nitrogen and oxygen atoms in total. The van der Waals surface area contributed by atoms with Crippen LogP contribution in [0.3, 0.4) is 0 Å². The van der Waals surface area contributed by atoms with Gasteiger partial charge < -0.3 is 19.4 Å². The molecule has 0 saturated carbocycles. The summed E-state index contributed by atoms with van der Waals surface area (Å²) in [7, 11) is 0. The summed E-state index contributed by atoms with van der Waals surface area (Å²) in [6.07, 6.45) is 3.96. The average Bonchev–Trinajstić information content (AvgIpc) is 2.59. The molecule has 2 aromatic rings. The number of fused-ring (bicyclic) bond motifs is 3. The van der Waals surface area contributed by atoms with Crippen LogP contribution >= 0.6 is 0 Å². The second kappa shape index (κ2) is 7.09. The highest BCUT2D eigenvalue weighted by molar-refractivity contribution is 6.13. The molecule has 0 saturated heterocycles. The Morgan fingerprint density at radius 1 is 1.29 bits per heavy atom. The number of aryl methyl sites for hydroxylation is 1. The lowest BCUT2D eigenvalue weighted by molar-refractivity contribution is 0.0757. The number of phenolic OH excluding ortho intramolecular Hbond substituents is 1. The Labute approximate surface area is 163 Å². The van der Waals surface area contributed by atoms with Crippen molar-refractivity contribution in [1.29, 1.82) is 0 Å². The quantitative estimate of drug-likeness (QED) is 0.599. The van der Waals surface area contributed by atoms with Crippen molar-refractivity contribution in [2.75, 3.05) is 0 Å². The molecule has 0 unspecified atom stereocenters. The van der Waals surface area contributed by atoms with E-state index in [1.54, 1.807) is 19.1 Å². The number of hydrogen-bond acceptors (Lipinski definition) is 6. The molecule has 3 rings (SSSR count). The number of rotatable bonds is 5. The fourth-order valence-electron chi connectivity index (χ4n) is 3.43. The lowest BCUT2D eigenvalue weighted by atomic mass is 9.88. The first-order valence-electron chi connectivity index (χ1n) is 9.53. The molecule has 28 heavy (non-hydrogen) atoms. The van der Waals surface area contributed by atoms with E-state index >= 15 is 0 Å². The maximum Gasteiger partial charge on any atom is 0.336 e. The Hall–Kier alpha value is -2.60. The standard InChI is InChI=1S/C22H26O6/c1-6-7-13-10-15(24)27-21-16(13)20-14(8-9-22(4,5)28-20)19(26)17(21)18(25)11(2)12(3)23/h8-12,23,26H,6-7H2,1-5H3/t11-,12-/m0/s1. The Kier molecular flexibility index (Phi) is 5.10. The smallest absolute Gasteiger partial charge is 0.336 e. The highest BCUT2D eigenvalue weighted by Gasteiger charge is 2.34. The van der Waals surface area contributed by atoms with E-state index in [2.05, 4.69) is 0 Å². The lowest BCUT2D eigenvalue weighted by Gasteiger charge is -2.30. The van der Waals surface area contributed by atoms with Crippen molar-refractivity contribution in [1.82, 2.24) is 0 Å². The molecule has 1 aromatic heterocycles. The fourth-order valence-corrected chi connectivity index (χ4v) is 3.43. The van der Waals surface area contributed by atoms with Crippen LogP contribution < -0.4 is 10.4 Å². The maximum absolute atomic E-state index is 13.1. The summed E-state index contributed by atoms with van der Waals surface area (Å²) in [4.78, 5) is 25.3. The third-order valence-corrected chi connectivity index (χ3v) is 5.15. The molecule has 0 radical (unpaired) electrons. The van der Waals surface area contributed by atoms with Gasteiger partial charge in [-0.2, -0.15) is 0 Å². The number of Topliss-reactive ketones (excluding diaryl/α,β-unsaturated/α-hetero) is 1. The summed E-state index contributed by atoms with van der Waals surface area (Å²) >= 11 is 0. The summed E-state index contributed by atoms with van der Waals surface area (Å²) in [6.45, 7) is 8.82. The van der Waals surface area contributed by atoms with Crippen LogP contribution in [0.15, 0.2) is 21.4 Å². The second-order valence-corrected chi connectivity index (χ2v) is 7.94. The summed E-state index contributed by atoms with van der Waals surface area (Å²) in [5.41, 5.74) is -0.223. The molecule has 0 aliphatic carbocycles. The SMILES string of the molecule is CCCc1cc(=O)oc2c(C(=O)[C@@H](C)[C@H](C)O)c(O)c3c(c12)OC(C)(C)C=C3. The number of aliphatic hydroxyl groups excluding tert-OH is 1. The molecule has 0 amide bonds. The van der Waals surface area contributed by atoms with Gasteiger partial charge in [0.25, 0.3) is 0 Å². The molecule has 1 aliphatic rings. The first-order valence-corrected chi connectivity index (χ1v) is 9.53. The van der Waals surface area contributed by atoms with E-state index < -0.39 is 29.0 Å². The van der Waals surface area contributed by atoms with Crippen molar-refractivity contribution in [3.8, 4) is 11.5 Å². The summed E-state index contributed by atoms with van der Waals surface area (Å²) in [6, 6.07) is 1.41. The molecule has 2 atom stereocenters. The Morgan fingerprint density at radius 3 is 2.57 bits per heavy atom. The number of carbonyl (C=O) groups is 1. The van der Waals surface area contributed by atoms with Gasteiger partial charge in [-0.25, -0.2) is 4.79 Å². The van der Waals surface area contributed by atoms with Crippen LogP contribution in [0.1, 0.15) is 62.5 Å². The third-order valence-electron chi connectivity index (χ3n) is 5.15. The van der Waals surface area contributed by atoms with E-state index in [0.717, 1.165) is 6.42 Å². The van der Waals surface area contributed by atoms with Crippen molar-refractivity contribution in [3.05, 3.63) is 39.3 Å². The van der Waals surface area contributed by atoms with Crippen LogP contribution in [-0.2, 0) is 6.42 Å². The Balaban J connectivity index is 2.47. The minimum Gasteiger partial charge on any atom is -0.506 e. The van der Waals surface area contributed by atoms with Crippen LogP contribution in [0.2, 0.25) is 0 Å². The number of aliphatic hydroxyl groups is 1. The number of phenols is 1. The minimum atomic E-state index is -0.922. The van der Waals surface area contributed by atoms with Gasteiger partial charge >= 0.3 is 5.63 Å². The van der Waals surface area contributed by atoms with Crippen LogP contribution in [0.5, 0.6) is 11.5 Å². The Morgan fingerprint density at radius 2 is 1.96 bits per heavy atom. The molecular formula is C22H26O6. The van der Waals surface area contributed by atoms with E-state index in [1.165, 1.54) is 13.0 Å². The lowest BCUT2D eigenvalue weighted by Crippen LogP contribution is -2.29. The second-order valence-electron chi connectivity index (χ2n) is 7.94. The van der Waals surface area contributed by atoms with E-state index in [0.29, 0.717) is 28.7 Å². The molecule has 0 fully saturated rings. The number of ketones is 1. The maximum atomic E-state index is 13.1. The normalized spacial score (nSPS) is 17.1. The summed E-state index contributed by atoms with van der Waals surface area (Å²) < 4.78 is 11.5. The monoisotopic (exact) mass is 386 g/mol. The van der Waals surface area contributed by atoms with Gasteiger partial charge in [-0.15, -0.1) is 0 Å². The van der Waals surface area contributed by atoms with Crippen molar-refractivity contribution in [2.24, 2.45) is 5.92 Å². The number of ether oxygens (including phenoxy) is 1. The van der Waals surface area contributed by atoms with Gasteiger partial charge in [-0.3, -0.25) is 4.79 Å². The van der Waals surface area contributed by atoms with Gasteiger partial charge in [0.2, 0.25) is 0 Å². The Bertz CT molecular complexity index is 1030. The highest BCUT2D eigenvalue weighted by Crippen LogP contribution is 2.46. The number of hydrogen-bond donors (Lipinski definition) is 2. The van der Waals surface area contributed by atoms with Crippen LogP contribution in [0, 0.1) is 5.92 Å². The van der Waals surface area contributed by atoms with Gasteiger partial charge in [0, 0.05) is 12.0 Å². The minimum absolute atomic E-state index is 0.01000. The number of benzene rings is 1. The number of carbonyl (C=O) groups excluding carboxylic acids is 1. The molecule has 6 heteroatoms. The zero-order valence-corrected chi connectivity index (χ0v) is 16.8. The molecule has 150 valence electrons. The van der Waals surface area contributed by atoms with Gasteiger partial charge in [0.15, 0.2) is 11.4 Å². The van der Waals surface area contributed by atoms with Crippen LogP contribution in [0.25, 0.3) is 17.0 Å². The zero-order valence-electron chi connectivity index (χ0n) is 16.8. The molecule has 2 N–H and O–H groups in total. The molecule has 1 aliphatic heterocycles. The first kappa shape index (κ1) is 20.1. The number of aromatic hydroxyl groups is 1. The van der Waals surface area contributed by atoms with E-state index in [4.69, 9.17) is 9.15 Å². The van der Waals surface area contributed by atoms with E-state index in [-0.39, 0.29) is 16.9 Å². The highest BCUT2D eigenvalue weighted by atomic mass is 16.5. The van der Waals surface area contributed by atoms with Crippen LogP contribution in [0.4, 0.5) is 0 Å². The summed E-state index contributed by atoms with van der Waals surface area (Å²) in [5, 5.41) is 21.3. The first-order chi connectivity index (χ1) is 13.1. The van der Waals surface area contributed by atoms with E-state index in [9.17, 15) is 19.8 Å². The average molecular weight is 386 g/mol. The van der Waals surface area contributed by atoms with Crippen molar-refractivity contribution < 1.29 is 24.2 Å². The largest absolute Gasteiger partial charge is 0.506 e. The van der Waals surface area contributed by atoms with Gasteiger partial charge in [-0.1, -0.05) is 20.3 Å². The zero-order chi connectivity index (χ0) is 20.8. The topological polar surface area (TPSA) is 97.0 Å². The predicted molar refractivity (Wildman–Crippen MR) is 107 cm³/mol. The summed E-state index contributed by atoms with van der Waals surface area (Å²) in [5.74, 6) is -1.18. The van der Waals surface area contributed by atoms with Crippen LogP contribution in [-0.4, -0.2) is 27.7 Å². The molecular weight excluding hydrogens is 360 g/mol. The van der Waals surface area contributed by atoms with Gasteiger partial charge in [-0.05, 0) is 44.9 Å². The van der Waals surface area contributed by atoms with Crippen molar-refractivity contribution >= 4 is 22.8 Å². The molecule has 0 spiro atoms. The third kappa shape index (κ3) is 3.33. The molecule has 2 heterocycles. The fraction of sp³-hybridized carbons (Fsp3) is 0.455. The predicted octanol–water partition coefficient (Wildman–Crippen LogP) is 3.83.